The summed E-state index contributed by atoms with van der Waals surface area (Å²) in [6, 6.07) is 0. The molecule has 0 aromatic carbocycles. The highest BCUT2D eigenvalue weighted by molar-refractivity contribution is 5.78. The van der Waals surface area contributed by atoms with Gasteiger partial charge in [0.15, 0.2) is 0 Å². The maximum Gasteiger partial charge on any atom is 0.225 e. The van der Waals surface area contributed by atoms with Crippen molar-refractivity contribution in [2.24, 2.45) is 17.8 Å². The zero-order valence-corrected chi connectivity index (χ0v) is 11.7. The summed E-state index contributed by atoms with van der Waals surface area (Å²) >= 11 is 0. The van der Waals surface area contributed by atoms with Gasteiger partial charge in [-0.1, -0.05) is 20.8 Å². The number of carbonyl (C=O) groups excluding carboxylic acids is 1. The maximum atomic E-state index is 12.4. The molecule has 0 N–H and O–H groups in total. The Bertz CT molecular complexity index is 234. The highest BCUT2D eigenvalue weighted by Gasteiger charge is 2.28. The van der Waals surface area contributed by atoms with Crippen molar-refractivity contribution in [2.45, 2.75) is 40.5 Å². The Morgan fingerprint density at radius 1 is 1.29 bits per heavy atom. The molecule has 0 aliphatic carbocycles. The second-order valence-electron chi connectivity index (χ2n) is 5.51. The van der Waals surface area contributed by atoms with Gasteiger partial charge in [0, 0.05) is 32.2 Å². The molecule has 1 saturated heterocycles. The number of rotatable bonds is 5. The monoisotopic (exact) mass is 241 g/mol. The average Bonchev–Trinajstić information content (AvgIpc) is 2.35. The van der Waals surface area contributed by atoms with Crippen LogP contribution < -0.4 is 0 Å². The van der Waals surface area contributed by atoms with E-state index in [1.165, 1.54) is 0 Å². The van der Waals surface area contributed by atoms with Gasteiger partial charge in [0.05, 0.1) is 0 Å². The predicted molar refractivity (Wildman–Crippen MR) is 69.8 cm³/mol. The summed E-state index contributed by atoms with van der Waals surface area (Å²) in [7, 11) is 0. The van der Waals surface area contributed by atoms with Crippen LogP contribution >= 0.6 is 0 Å². The van der Waals surface area contributed by atoms with Gasteiger partial charge in [-0.2, -0.15) is 0 Å². The van der Waals surface area contributed by atoms with Gasteiger partial charge in [-0.25, -0.2) is 0 Å². The fraction of sp³-hybridized carbons (Fsp3) is 0.929. The van der Waals surface area contributed by atoms with Crippen LogP contribution in [0.4, 0.5) is 0 Å². The van der Waals surface area contributed by atoms with Gasteiger partial charge in [-0.05, 0) is 31.6 Å². The molecular formula is C14H27NO2. The van der Waals surface area contributed by atoms with Crippen LogP contribution in [0, 0.1) is 17.8 Å². The topological polar surface area (TPSA) is 29.5 Å². The van der Waals surface area contributed by atoms with Crippen molar-refractivity contribution in [2.75, 3.05) is 26.3 Å². The molecule has 1 heterocycles. The zero-order valence-electron chi connectivity index (χ0n) is 11.7. The van der Waals surface area contributed by atoms with E-state index >= 15 is 0 Å². The van der Waals surface area contributed by atoms with Gasteiger partial charge in [0.25, 0.3) is 0 Å². The lowest BCUT2D eigenvalue weighted by atomic mass is 9.86. The first-order valence-electron chi connectivity index (χ1n) is 6.92. The van der Waals surface area contributed by atoms with Crippen molar-refractivity contribution in [1.82, 2.24) is 4.90 Å². The molecule has 1 unspecified atom stereocenters. The van der Waals surface area contributed by atoms with Crippen LogP contribution in [0.15, 0.2) is 0 Å². The van der Waals surface area contributed by atoms with Gasteiger partial charge in [0.2, 0.25) is 5.91 Å². The second-order valence-corrected chi connectivity index (χ2v) is 5.51. The fourth-order valence-corrected chi connectivity index (χ4v) is 2.52. The molecule has 100 valence electrons. The van der Waals surface area contributed by atoms with Crippen LogP contribution in [0.2, 0.25) is 0 Å². The molecule has 3 heteroatoms. The van der Waals surface area contributed by atoms with Crippen LogP contribution in [0.25, 0.3) is 0 Å². The van der Waals surface area contributed by atoms with Gasteiger partial charge < -0.3 is 9.64 Å². The van der Waals surface area contributed by atoms with Crippen LogP contribution in [0.5, 0.6) is 0 Å². The fourth-order valence-electron chi connectivity index (χ4n) is 2.52. The number of nitrogens with zero attached hydrogens (tertiary/aromatic N) is 1. The third kappa shape index (κ3) is 4.30. The molecule has 1 rings (SSSR count). The minimum atomic E-state index is 0.151. The summed E-state index contributed by atoms with van der Waals surface area (Å²) in [5.41, 5.74) is 0. The molecule has 17 heavy (non-hydrogen) atoms. The van der Waals surface area contributed by atoms with Gasteiger partial charge in [-0.3, -0.25) is 4.79 Å². The minimum Gasteiger partial charge on any atom is -0.381 e. The van der Waals surface area contributed by atoms with Crippen LogP contribution in [-0.2, 0) is 9.53 Å². The predicted octanol–water partition coefficient (Wildman–Crippen LogP) is 2.55. The summed E-state index contributed by atoms with van der Waals surface area (Å²) in [5.74, 6) is 1.53. The van der Waals surface area contributed by atoms with E-state index in [-0.39, 0.29) is 5.92 Å². The van der Waals surface area contributed by atoms with E-state index in [9.17, 15) is 4.79 Å². The van der Waals surface area contributed by atoms with Gasteiger partial charge in [-0.15, -0.1) is 0 Å². The smallest absolute Gasteiger partial charge is 0.225 e. The Morgan fingerprint density at radius 3 is 2.35 bits per heavy atom. The van der Waals surface area contributed by atoms with Crippen LogP contribution in [0.3, 0.4) is 0 Å². The quantitative estimate of drug-likeness (QED) is 0.740. The molecule has 0 spiro atoms. The highest BCUT2D eigenvalue weighted by atomic mass is 16.5. The number of hydrogen-bond donors (Lipinski definition) is 0. The largest absolute Gasteiger partial charge is 0.381 e. The molecule has 0 radical (unpaired) electrons. The third-order valence-electron chi connectivity index (χ3n) is 3.64. The first-order valence-corrected chi connectivity index (χ1v) is 6.92. The minimum absolute atomic E-state index is 0.151. The van der Waals surface area contributed by atoms with Crippen molar-refractivity contribution in [3.05, 3.63) is 0 Å². The Morgan fingerprint density at radius 2 is 1.88 bits per heavy atom. The van der Waals surface area contributed by atoms with E-state index in [2.05, 4.69) is 27.7 Å². The lowest BCUT2D eigenvalue weighted by Gasteiger charge is -2.32. The average molecular weight is 241 g/mol. The van der Waals surface area contributed by atoms with E-state index in [0.717, 1.165) is 39.1 Å². The molecular weight excluding hydrogens is 214 g/mol. The highest BCUT2D eigenvalue weighted by Crippen LogP contribution is 2.25. The Labute approximate surface area is 106 Å². The van der Waals surface area contributed by atoms with Crippen molar-refractivity contribution in [3.8, 4) is 0 Å². The van der Waals surface area contributed by atoms with Crippen LogP contribution in [-0.4, -0.2) is 37.1 Å². The van der Waals surface area contributed by atoms with Crippen molar-refractivity contribution in [1.29, 1.82) is 0 Å². The number of amides is 1. The molecule has 1 aliphatic rings. The molecule has 1 atom stereocenters. The summed E-state index contributed by atoms with van der Waals surface area (Å²) < 4.78 is 5.36. The Kier molecular flexibility index (Phi) is 5.96. The summed E-state index contributed by atoms with van der Waals surface area (Å²) in [4.78, 5) is 14.4. The lowest BCUT2D eigenvalue weighted by molar-refractivity contribution is -0.138. The van der Waals surface area contributed by atoms with E-state index in [1.807, 2.05) is 4.90 Å². The molecule has 1 aliphatic heterocycles. The molecule has 3 nitrogen and oxygen atoms in total. The van der Waals surface area contributed by atoms with E-state index in [1.54, 1.807) is 0 Å². The lowest BCUT2D eigenvalue weighted by Crippen LogP contribution is -2.41. The molecule has 1 amide bonds. The normalized spacial score (nSPS) is 19.4. The number of ether oxygens (including phenoxy) is 1. The zero-order chi connectivity index (χ0) is 12.8. The van der Waals surface area contributed by atoms with E-state index in [0.29, 0.717) is 17.7 Å². The van der Waals surface area contributed by atoms with Gasteiger partial charge >= 0.3 is 0 Å². The second kappa shape index (κ2) is 7.00. The van der Waals surface area contributed by atoms with Crippen molar-refractivity contribution < 1.29 is 9.53 Å². The first kappa shape index (κ1) is 14.5. The SMILES string of the molecule is CCN(CC(C)C)C(=O)C(C)C1CCOCC1. The molecule has 0 bridgehead atoms. The summed E-state index contributed by atoms with van der Waals surface area (Å²) in [5, 5.41) is 0. The molecule has 0 aromatic heterocycles. The molecule has 0 aromatic rings. The standard InChI is InChI=1S/C14H27NO2/c1-5-15(10-11(2)3)14(16)12(4)13-6-8-17-9-7-13/h11-13H,5-10H2,1-4H3. The van der Waals surface area contributed by atoms with Gasteiger partial charge in [0.1, 0.15) is 0 Å². The Balaban J connectivity index is 2.53. The van der Waals surface area contributed by atoms with E-state index < -0.39 is 0 Å². The molecule has 0 saturated carbocycles. The van der Waals surface area contributed by atoms with E-state index in [4.69, 9.17) is 4.74 Å². The first-order chi connectivity index (χ1) is 8.06. The van der Waals surface area contributed by atoms with Crippen molar-refractivity contribution in [3.63, 3.8) is 0 Å². The number of hydrogen-bond acceptors (Lipinski definition) is 2. The third-order valence-corrected chi connectivity index (χ3v) is 3.64. The Hall–Kier alpha value is -0.570. The molecule has 1 fully saturated rings. The summed E-state index contributed by atoms with van der Waals surface area (Å²) in [6.07, 6.45) is 2.07. The van der Waals surface area contributed by atoms with Crippen LogP contribution in [0.1, 0.15) is 40.5 Å². The maximum absolute atomic E-state index is 12.4. The number of carbonyl (C=O) groups is 1. The summed E-state index contributed by atoms with van der Waals surface area (Å²) in [6.45, 7) is 11.8. The van der Waals surface area contributed by atoms with Crippen molar-refractivity contribution >= 4 is 5.91 Å².